The number of primary amides is 1. The van der Waals surface area contributed by atoms with E-state index in [0.29, 0.717) is 24.9 Å². The summed E-state index contributed by atoms with van der Waals surface area (Å²) in [6, 6.07) is 0.536. The molecule has 21 heavy (non-hydrogen) atoms. The van der Waals surface area contributed by atoms with E-state index < -0.39 is 0 Å². The van der Waals surface area contributed by atoms with E-state index in [-0.39, 0.29) is 23.8 Å². The molecule has 0 aromatic heterocycles. The van der Waals surface area contributed by atoms with Crippen molar-refractivity contribution in [3.8, 4) is 0 Å². The van der Waals surface area contributed by atoms with Crippen LogP contribution < -0.4 is 11.5 Å². The normalized spacial score (nSPS) is 33.7. The lowest BCUT2D eigenvalue weighted by atomic mass is 9.83. The van der Waals surface area contributed by atoms with E-state index in [0.717, 1.165) is 32.1 Å². The van der Waals surface area contributed by atoms with Crippen LogP contribution in [0.3, 0.4) is 0 Å². The summed E-state index contributed by atoms with van der Waals surface area (Å²) < 4.78 is 0. The van der Waals surface area contributed by atoms with Crippen molar-refractivity contribution in [3.05, 3.63) is 0 Å². The molecule has 4 N–H and O–H groups in total. The SMILES string of the molecule is CC1CCC(C(N)=O)CN1C(=O)CCC1CCCC(N)C1. The fourth-order valence-corrected chi connectivity index (χ4v) is 3.75. The van der Waals surface area contributed by atoms with Gasteiger partial charge in [0.1, 0.15) is 0 Å². The standard InChI is InChI=1S/C16H29N3O2/c1-11-5-7-13(16(18)21)10-19(11)15(20)8-6-12-3-2-4-14(17)9-12/h11-14H,2-10,17H2,1H3,(H2,18,21). The van der Waals surface area contributed by atoms with Gasteiger partial charge in [-0.05, 0) is 44.9 Å². The molecule has 0 radical (unpaired) electrons. The minimum atomic E-state index is -0.280. The van der Waals surface area contributed by atoms with E-state index in [1.54, 1.807) is 0 Å². The summed E-state index contributed by atoms with van der Waals surface area (Å²) in [6.45, 7) is 2.56. The maximum absolute atomic E-state index is 12.4. The van der Waals surface area contributed by atoms with Crippen LogP contribution in [0.1, 0.15) is 58.3 Å². The molecule has 120 valence electrons. The number of hydrogen-bond acceptors (Lipinski definition) is 3. The summed E-state index contributed by atoms with van der Waals surface area (Å²) in [5.74, 6) is 0.309. The van der Waals surface area contributed by atoms with Crippen molar-refractivity contribution < 1.29 is 9.59 Å². The number of carbonyl (C=O) groups excluding carboxylic acids is 2. The van der Waals surface area contributed by atoms with Gasteiger partial charge >= 0.3 is 0 Å². The van der Waals surface area contributed by atoms with Crippen LogP contribution in [-0.4, -0.2) is 35.3 Å². The summed E-state index contributed by atoms with van der Waals surface area (Å²) in [4.78, 5) is 25.6. The minimum absolute atomic E-state index is 0.173. The van der Waals surface area contributed by atoms with Crippen molar-refractivity contribution in [1.82, 2.24) is 4.90 Å². The number of hydrogen-bond donors (Lipinski definition) is 2. The third-order valence-electron chi connectivity index (χ3n) is 5.19. The van der Waals surface area contributed by atoms with Gasteiger partial charge in [0.2, 0.25) is 11.8 Å². The Hall–Kier alpha value is -1.10. The van der Waals surface area contributed by atoms with Crippen molar-refractivity contribution in [2.75, 3.05) is 6.54 Å². The predicted octanol–water partition coefficient (Wildman–Crippen LogP) is 1.40. The largest absolute Gasteiger partial charge is 0.369 e. The number of likely N-dealkylation sites (tertiary alicyclic amines) is 1. The maximum Gasteiger partial charge on any atom is 0.222 e. The summed E-state index contributed by atoms with van der Waals surface area (Å²) in [6.07, 6.45) is 7.72. The number of nitrogens with zero attached hydrogens (tertiary/aromatic N) is 1. The highest BCUT2D eigenvalue weighted by Crippen LogP contribution is 2.28. The molecule has 1 aliphatic heterocycles. The second-order valence-corrected chi connectivity index (χ2v) is 6.90. The average molecular weight is 295 g/mol. The van der Waals surface area contributed by atoms with E-state index in [1.807, 2.05) is 4.90 Å². The molecular weight excluding hydrogens is 266 g/mol. The molecule has 1 aliphatic carbocycles. The fourth-order valence-electron chi connectivity index (χ4n) is 3.75. The zero-order valence-corrected chi connectivity index (χ0v) is 13.1. The zero-order chi connectivity index (χ0) is 15.4. The van der Waals surface area contributed by atoms with E-state index in [1.165, 1.54) is 12.8 Å². The molecule has 4 atom stereocenters. The van der Waals surface area contributed by atoms with Crippen molar-refractivity contribution >= 4 is 11.8 Å². The van der Waals surface area contributed by atoms with Crippen LogP contribution in [0.5, 0.6) is 0 Å². The summed E-state index contributed by atoms with van der Waals surface area (Å²) in [7, 11) is 0. The van der Waals surface area contributed by atoms with Gasteiger partial charge in [0.25, 0.3) is 0 Å². The summed E-state index contributed by atoms with van der Waals surface area (Å²) >= 11 is 0. The molecule has 0 bridgehead atoms. The molecule has 5 nitrogen and oxygen atoms in total. The van der Waals surface area contributed by atoms with Gasteiger partial charge in [-0.1, -0.05) is 12.8 Å². The van der Waals surface area contributed by atoms with Gasteiger partial charge < -0.3 is 16.4 Å². The number of nitrogens with two attached hydrogens (primary N) is 2. The molecule has 2 amide bonds. The Morgan fingerprint density at radius 3 is 2.62 bits per heavy atom. The molecular formula is C16H29N3O2. The smallest absolute Gasteiger partial charge is 0.222 e. The van der Waals surface area contributed by atoms with Gasteiger partial charge in [0, 0.05) is 25.0 Å². The molecule has 1 saturated heterocycles. The van der Waals surface area contributed by atoms with Crippen molar-refractivity contribution in [2.45, 2.75) is 70.4 Å². The van der Waals surface area contributed by atoms with Crippen LogP contribution in [0.4, 0.5) is 0 Å². The number of amides is 2. The zero-order valence-electron chi connectivity index (χ0n) is 13.1. The quantitative estimate of drug-likeness (QED) is 0.821. The van der Waals surface area contributed by atoms with Crippen LogP contribution in [0, 0.1) is 11.8 Å². The third-order valence-corrected chi connectivity index (χ3v) is 5.19. The molecule has 2 aliphatic rings. The lowest BCUT2D eigenvalue weighted by Gasteiger charge is -2.37. The van der Waals surface area contributed by atoms with Crippen molar-refractivity contribution in [3.63, 3.8) is 0 Å². The molecule has 0 spiro atoms. The number of carbonyl (C=O) groups is 2. The minimum Gasteiger partial charge on any atom is -0.369 e. The highest BCUT2D eigenvalue weighted by atomic mass is 16.2. The van der Waals surface area contributed by atoms with Gasteiger partial charge in [-0.25, -0.2) is 0 Å². The Morgan fingerprint density at radius 2 is 1.95 bits per heavy atom. The fraction of sp³-hybridized carbons (Fsp3) is 0.875. The Bertz CT molecular complexity index is 386. The molecule has 1 heterocycles. The van der Waals surface area contributed by atoms with Crippen molar-refractivity contribution in [2.24, 2.45) is 23.3 Å². The second kappa shape index (κ2) is 7.25. The van der Waals surface area contributed by atoms with Crippen LogP contribution in [0.25, 0.3) is 0 Å². The summed E-state index contributed by atoms with van der Waals surface area (Å²) in [5.41, 5.74) is 11.4. The number of piperidine rings is 1. The van der Waals surface area contributed by atoms with Gasteiger partial charge in [-0.15, -0.1) is 0 Å². The Kier molecular flexibility index (Phi) is 5.62. The first-order valence-corrected chi connectivity index (χ1v) is 8.31. The molecule has 1 saturated carbocycles. The summed E-state index contributed by atoms with van der Waals surface area (Å²) in [5, 5.41) is 0. The predicted molar refractivity (Wildman–Crippen MR) is 82.3 cm³/mol. The third kappa shape index (κ3) is 4.43. The van der Waals surface area contributed by atoms with Crippen molar-refractivity contribution in [1.29, 1.82) is 0 Å². The van der Waals surface area contributed by atoms with E-state index in [2.05, 4.69) is 6.92 Å². The van der Waals surface area contributed by atoms with Crippen LogP contribution in [-0.2, 0) is 9.59 Å². The topological polar surface area (TPSA) is 89.4 Å². The Labute approximate surface area is 127 Å². The molecule has 5 heteroatoms. The van der Waals surface area contributed by atoms with Crippen LogP contribution in [0.15, 0.2) is 0 Å². The first-order chi connectivity index (χ1) is 9.97. The van der Waals surface area contributed by atoms with Gasteiger partial charge in [-0.3, -0.25) is 9.59 Å². The molecule has 2 rings (SSSR count). The van der Waals surface area contributed by atoms with Crippen LogP contribution in [0.2, 0.25) is 0 Å². The second-order valence-electron chi connectivity index (χ2n) is 6.90. The molecule has 0 aromatic rings. The molecule has 2 fully saturated rings. The highest BCUT2D eigenvalue weighted by molar-refractivity contribution is 5.80. The first kappa shape index (κ1) is 16.3. The van der Waals surface area contributed by atoms with Gasteiger partial charge in [0.15, 0.2) is 0 Å². The lowest BCUT2D eigenvalue weighted by Crippen LogP contribution is -2.48. The highest BCUT2D eigenvalue weighted by Gasteiger charge is 2.31. The van der Waals surface area contributed by atoms with E-state index in [4.69, 9.17) is 11.5 Å². The lowest BCUT2D eigenvalue weighted by molar-refractivity contribution is -0.137. The Morgan fingerprint density at radius 1 is 1.19 bits per heavy atom. The van der Waals surface area contributed by atoms with Gasteiger partial charge in [-0.2, -0.15) is 0 Å². The molecule has 4 unspecified atom stereocenters. The monoisotopic (exact) mass is 295 g/mol. The van der Waals surface area contributed by atoms with E-state index >= 15 is 0 Å². The average Bonchev–Trinajstić information content (AvgIpc) is 2.45. The Balaban J connectivity index is 1.82. The maximum atomic E-state index is 12.4. The number of rotatable bonds is 4. The first-order valence-electron chi connectivity index (χ1n) is 8.31. The van der Waals surface area contributed by atoms with Gasteiger partial charge in [0.05, 0.1) is 5.92 Å². The molecule has 0 aromatic carbocycles. The van der Waals surface area contributed by atoms with E-state index in [9.17, 15) is 9.59 Å². The van der Waals surface area contributed by atoms with Crippen LogP contribution >= 0.6 is 0 Å².